The molecule has 216 valence electrons. The molecule has 2 N–H and O–H groups in total. The molecule has 0 aliphatic carbocycles. The molecule has 0 radical (unpaired) electrons. The molecule has 0 aromatic heterocycles. The summed E-state index contributed by atoms with van der Waals surface area (Å²) in [6.07, 6.45) is 3.98. The monoisotopic (exact) mass is 598 g/mol. The summed E-state index contributed by atoms with van der Waals surface area (Å²) < 4.78 is 10.7. The van der Waals surface area contributed by atoms with Crippen LogP contribution in [-0.2, 0) is 20.9 Å². The molecule has 0 bridgehead atoms. The first-order valence-electron chi connectivity index (χ1n) is 13.5. The van der Waals surface area contributed by atoms with Gasteiger partial charge >= 0.3 is 6.03 Å². The van der Waals surface area contributed by atoms with Gasteiger partial charge in [-0.1, -0.05) is 36.2 Å². The van der Waals surface area contributed by atoms with Gasteiger partial charge < -0.3 is 25.0 Å². The summed E-state index contributed by atoms with van der Waals surface area (Å²) in [5.74, 6) is 0.680. The second kappa shape index (κ2) is 12.9. The summed E-state index contributed by atoms with van der Waals surface area (Å²) in [5, 5.41) is 7.55. The maximum Gasteiger partial charge on any atom is 0.327 e. The van der Waals surface area contributed by atoms with Crippen LogP contribution in [0.25, 0.3) is 0 Å². The van der Waals surface area contributed by atoms with Crippen molar-refractivity contribution >= 4 is 52.8 Å². The number of ether oxygens (including phenoxy) is 2. The van der Waals surface area contributed by atoms with Gasteiger partial charge in [0, 0.05) is 30.2 Å². The van der Waals surface area contributed by atoms with Crippen molar-refractivity contribution in [3.8, 4) is 11.5 Å². The van der Waals surface area contributed by atoms with Crippen LogP contribution >= 0.6 is 23.4 Å². The Morgan fingerprint density at radius 3 is 2.73 bits per heavy atom. The van der Waals surface area contributed by atoms with E-state index in [1.807, 2.05) is 25.1 Å². The summed E-state index contributed by atoms with van der Waals surface area (Å²) in [4.78, 5) is 54.3. The van der Waals surface area contributed by atoms with Gasteiger partial charge in [-0.2, -0.15) is 0 Å². The van der Waals surface area contributed by atoms with Gasteiger partial charge in [0.15, 0.2) is 11.5 Å². The molecule has 3 aliphatic rings. The van der Waals surface area contributed by atoms with Gasteiger partial charge in [0.25, 0.3) is 0 Å². The zero-order valence-electron chi connectivity index (χ0n) is 22.6. The van der Waals surface area contributed by atoms with Crippen LogP contribution in [-0.4, -0.2) is 64.7 Å². The van der Waals surface area contributed by atoms with Crippen molar-refractivity contribution in [3.05, 3.63) is 64.0 Å². The lowest BCUT2D eigenvalue weighted by Gasteiger charge is -2.41. The van der Waals surface area contributed by atoms with Gasteiger partial charge in [-0.25, -0.2) is 4.79 Å². The molecule has 2 aromatic carbocycles. The Morgan fingerprint density at radius 1 is 1.05 bits per heavy atom. The number of anilines is 1. The van der Waals surface area contributed by atoms with E-state index in [0.717, 1.165) is 11.1 Å². The lowest BCUT2D eigenvalue weighted by atomic mass is 10.1. The van der Waals surface area contributed by atoms with Gasteiger partial charge in [-0.15, -0.1) is 11.8 Å². The van der Waals surface area contributed by atoms with Gasteiger partial charge in [0.05, 0.1) is 6.04 Å². The number of unbranched alkanes of at least 4 members (excludes halogenated alkanes) is 2. The van der Waals surface area contributed by atoms with E-state index in [9.17, 15) is 19.2 Å². The number of imide groups is 1. The smallest absolute Gasteiger partial charge is 0.327 e. The van der Waals surface area contributed by atoms with Crippen molar-refractivity contribution in [2.24, 2.45) is 0 Å². The Kier molecular flexibility index (Phi) is 9.04. The van der Waals surface area contributed by atoms with Gasteiger partial charge in [0.2, 0.25) is 24.5 Å². The Bertz CT molecular complexity index is 1390. The molecular weight excluding hydrogens is 568 g/mol. The maximum absolute atomic E-state index is 13.4. The lowest BCUT2D eigenvalue weighted by Crippen LogP contribution is -2.63. The molecule has 41 heavy (non-hydrogen) atoms. The number of nitrogens with zero attached hydrogens (tertiary/aromatic N) is 2. The number of hydrogen-bond donors (Lipinski definition) is 2. The van der Waals surface area contributed by atoms with E-state index in [4.69, 9.17) is 21.1 Å². The van der Waals surface area contributed by atoms with Crippen LogP contribution in [0.4, 0.5) is 10.5 Å². The number of hydrogen-bond acceptors (Lipinski definition) is 7. The van der Waals surface area contributed by atoms with Gasteiger partial charge in [-0.3, -0.25) is 19.3 Å². The number of carbonyl (C=O) groups excluding carboxylic acids is 4. The largest absolute Gasteiger partial charge is 0.454 e. The number of carbonyl (C=O) groups is 4. The van der Waals surface area contributed by atoms with E-state index in [1.165, 1.54) is 21.6 Å². The number of fused-ring (bicyclic) bond motifs is 2. The first-order chi connectivity index (χ1) is 19.8. The Morgan fingerprint density at radius 2 is 1.88 bits per heavy atom. The van der Waals surface area contributed by atoms with Crippen LogP contribution in [0.1, 0.15) is 36.8 Å². The molecule has 1 saturated heterocycles. The molecule has 3 heterocycles. The fourth-order valence-corrected chi connectivity index (χ4v) is 6.15. The zero-order valence-corrected chi connectivity index (χ0v) is 24.1. The topological polar surface area (TPSA) is 117 Å². The van der Waals surface area contributed by atoms with E-state index < -0.39 is 17.3 Å². The third kappa shape index (κ3) is 6.79. The third-order valence-corrected chi connectivity index (χ3v) is 8.48. The van der Waals surface area contributed by atoms with E-state index in [1.54, 1.807) is 29.7 Å². The van der Waals surface area contributed by atoms with Crippen molar-refractivity contribution in [2.45, 2.75) is 50.4 Å². The van der Waals surface area contributed by atoms with Crippen LogP contribution < -0.4 is 20.1 Å². The zero-order chi connectivity index (χ0) is 28.9. The minimum absolute atomic E-state index is 0.0730. The van der Waals surface area contributed by atoms with Crippen molar-refractivity contribution in [2.75, 3.05) is 25.2 Å². The number of benzene rings is 2. The molecule has 10 nitrogen and oxygen atoms in total. The van der Waals surface area contributed by atoms with Crippen molar-refractivity contribution in [1.29, 1.82) is 0 Å². The third-order valence-electron chi connectivity index (χ3n) is 7.16. The number of thioether (sulfide) groups is 1. The highest BCUT2D eigenvalue weighted by Gasteiger charge is 2.47. The van der Waals surface area contributed by atoms with E-state index in [-0.39, 0.29) is 37.6 Å². The molecule has 5 rings (SSSR count). The second-order valence-electron chi connectivity index (χ2n) is 10.1. The molecular formula is C29H31ClN4O6S. The predicted octanol–water partition coefficient (Wildman–Crippen LogP) is 4.45. The average molecular weight is 599 g/mol. The van der Waals surface area contributed by atoms with E-state index in [2.05, 4.69) is 10.6 Å². The van der Waals surface area contributed by atoms with Crippen molar-refractivity contribution < 1.29 is 28.7 Å². The summed E-state index contributed by atoms with van der Waals surface area (Å²) in [6, 6.07) is 9.80. The molecule has 5 amide bonds. The van der Waals surface area contributed by atoms with Crippen LogP contribution in [0.5, 0.6) is 11.5 Å². The van der Waals surface area contributed by atoms with Crippen LogP contribution in [0.15, 0.2) is 47.9 Å². The minimum atomic E-state index is -0.483. The maximum atomic E-state index is 13.4. The molecule has 2 aromatic rings. The molecule has 12 heteroatoms. The molecule has 2 atom stereocenters. The fraction of sp³-hybridized carbons (Fsp3) is 0.379. The van der Waals surface area contributed by atoms with Gasteiger partial charge in [0.1, 0.15) is 11.8 Å². The summed E-state index contributed by atoms with van der Waals surface area (Å²) >= 11 is 7.42. The summed E-state index contributed by atoms with van der Waals surface area (Å²) in [6.45, 7) is 2.48. The molecule has 1 fully saturated rings. The predicted molar refractivity (Wildman–Crippen MR) is 156 cm³/mol. The van der Waals surface area contributed by atoms with Crippen molar-refractivity contribution in [1.82, 2.24) is 15.1 Å². The number of aryl methyl sites for hydroxylation is 1. The average Bonchev–Trinajstić information content (AvgIpc) is 3.63. The number of rotatable bonds is 11. The van der Waals surface area contributed by atoms with Crippen LogP contribution in [0.3, 0.4) is 0 Å². The summed E-state index contributed by atoms with van der Waals surface area (Å²) in [5.41, 5.74) is 2.34. The minimum Gasteiger partial charge on any atom is -0.454 e. The number of amides is 5. The number of nitrogens with one attached hydrogen (secondary N) is 2. The quantitative estimate of drug-likeness (QED) is 0.367. The second-order valence-corrected chi connectivity index (χ2v) is 11.5. The Balaban J connectivity index is 1.08. The molecule has 0 saturated carbocycles. The van der Waals surface area contributed by atoms with Crippen LogP contribution in [0, 0.1) is 6.92 Å². The van der Waals surface area contributed by atoms with E-state index in [0.29, 0.717) is 54.4 Å². The number of halogens is 1. The first kappa shape index (κ1) is 28.8. The van der Waals surface area contributed by atoms with E-state index >= 15 is 0 Å². The Labute approximate surface area is 247 Å². The molecule has 0 spiro atoms. The normalized spacial score (nSPS) is 19.0. The fourth-order valence-electron chi connectivity index (χ4n) is 4.92. The SMILES string of the molecule is Cc1ccc(Cl)cc1NC(=O)CN1C(=O)N(CCCCCC(=O)NCc2ccc3c(c2)OCO3)C(=O)C2SC=CC21. The van der Waals surface area contributed by atoms with Crippen LogP contribution in [0.2, 0.25) is 5.02 Å². The summed E-state index contributed by atoms with van der Waals surface area (Å²) in [7, 11) is 0. The first-order valence-corrected chi connectivity index (χ1v) is 14.8. The molecule has 3 aliphatic heterocycles. The van der Waals surface area contributed by atoms with Crippen molar-refractivity contribution in [3.63, 3.8) is 0 Å². The van der Waals surface area contributed by atoms with Gasteiger partial charge in [-0.05, 0) is 60.6 Å². The highest BCUT2D eigenvalue weighted by Crippen LogP contribution is 2.35. The highest BCUT2D eigenvalue weighted by atomic mass is 35.5. The Hall–Kier alpha value is -3.70. The standard InChI is InChI=1S/C29H31ClN4O6S/c1-18-6-8-20(30)14-21(18)32-26(36)16-34-22-10-12-41-27(22)28(37)33(29(34)38)11-4-2-3-5-25(35)31-15-19-7-9-23-24(13-19)40-17-39-23/h6-10,12-14,22,27H,2-5,11,15-17H2,1H3,(H,31,35)(H,32,36). The highest BCUT2D eigenvalue weighted by molar-refractivity contribution is 8.03. The lowest BCUT2D eigenvalue weighted by molar-refractivity contribution is -0.132. The molecule has 2 unspecified atom stereocenters. The number of urea groups is 1.